The van der Waals surface area contributed by atoms with Gasteiger partial charge in [0.25, 0.3) is 0 Å². The van der Waals surface area contributed by atoms with Crippen molar-refractivity contribution in [3.63, 3.8) is 0 Å². The molecule has 7 nitrogen and oxygen atoms in total. The Morgan fingerprint density at radius 2 is 1.85 bits per heavy atom. The Bertz CT molecular complexity index is 740. The van der Waals surface area contributed by atoms with Crippen molar-refractivity contribution in [2.75, 3.05) is 33.7 Å². The molecule has 1 aromatic carbocycles. The summed E-state index contributed by atoms with van der Waals surface area (Å²) in [4.78, 5) is 25.4. The minimum atomic E-state index is -3.63. The fourth-order valence-electron chi connectivity index (χ4n) is 2.96. The van der Waals surface area contributed by atoms with Gasteiger partial charge in [0.1, 0.15) is 0 Å². The number of carbonyl (C=O) groups is 2. The summed E-state index contributed by atoms with van der Waals surface area (Å²) in [6.07, 6.45) is 1.73. The van der Waals surface area contributed by atoms with Gasteiger partial charge in [-0.05, 0) is 38.4 Å². The number of hydrogen-bond acceptors (Lipinski definition) is 5. The maximum Gasteiger partial charge on any atom is 0.242 e. The van der Waals surface area contributed by atoms with Crippen LogP contribution in [0, 0.1) is 0 Å². The number of rotatable bonds is 8. The Balaban J connectivity index is 1.88. The molecule has 1 aliphatic heterocycles. The van der Waals surface area contributed by atoms with E-state index in [1.807, 2.05) is 0 Å². The molecular formula is C18H27N3O4S. The van der Waals surface area contributed by atoms with Crippen LogP contribution in [-0.4, -0.2) is 69.1 Å². The van der Waals surface area contributed by atoms with E-state index in [4.69, 9.17) is 0 Å². The molecule has 1 aliphatic rings. The molecule has 26 heavy (non-hydrogen) atoms. The minimum absolute atomic E-state index is 0.0373. The highest BCUT2D eigenvalue weighted by Gasteiger charge is 2.24. The molecule has 1 saturated heterocycles. The maximum absolute atomic E-state index is 12.6. The summed E-state index contributed by atoms with van der Waals surface area (Å²) >= 11 is 0. The van der Waals surface area contributed by atoms with Gasteiger partial charge in [-0.25, -0.2) is 12.7 Å². The topological polar surface area (TPSA) is 86.8 Å². The SMILES string of the molecule is CC(=O)c1ccc(S(=O)(=O)N(C)CCCC(=O)N(C)C2CCNC2)cc1. The van der Waals surface area contributed by atoms with Crippen LogP contribution in [0.15, 0.2) is 29.2 Å². The van der Waals surface area contributed by atoms with Crippen molar-refractivity contribution >= 4 is 21.7 Å². The number of nitrogens with zero attached hydrogens (tertiary/aromatic N) is 2. The number of nitrogens with one attached hydrogen (secondary N) is 1. The van der Waals surface area contributed by atoms with Crippen molar-refractivity contribution in [2.45, 2.75) is 37.1 Å². The second-order valence-electron chi connectivity index (χ2n) is 6.66. The van der Waals surface area contributed by atoms with Gasteiger partial charge in [-0.3, -0.25) is 9.59 Å². The third-order valence-corrected chi connectivity index (χ3v) is 6.68. The van der Waals surface area contributed by atoms with Crippen LogP contribution in [0.3, 0.4) is 0 Å². The lowest BCUT2D eigenvalue weighted by Gasteiger charge is -2.24. The molecule has 0 aliphatic carbocycles. The number of Topliss-reactive ketones (excluding diaryl/α,β-unsaturated/α-hetero) is 1. The summed E-state index contributed by atoms with van der Waals surface area (Å²) in [7, 11) is -0.322. The van der Waals surface area contributed by atoms with Crippen molar-refractivity contribution < 1.29 is 18.0 Å². The Labute approximate surface area is 155 Å². The van der Waals surface area contributed by atoms with E-state index in [1.165, 1.54) is 42.5 Å². The quantitative estimate of drug-likeness (QED) is 0.682. The van der Waals surface area contributed by atoms with Crippen LogP contribution < -0.4 is 5.32 Å². The third-order valence-electron chi connectivity index (χ3n) is 4.81. The first-order valence-corrected chi connectivity index (χ1v) is 10.2. The van der Waals surface area contributed by atoms with E-state index in [-0.39, 0.29) is 29.2 Å². The molecule has 144 valence electrons. The predicted octanol–water partition coefficient (Wildman–Crippen LogP) is 1.11. The number of hydrogen-bond donors (Lipinski definition) is 1. The summed E-state index contributed by atoms with van der Waals surface area (Å²) in [5.74, 6) is -0.0716. The second kappa shape index (κ2) is 8.75. The number of ketones is 1. The zero-order chi connectivity index (χ0) is 19.3. The average molecular weight is 381 g/mol. The molecule has 1 fully saturated rings. The van der Waals surface area contributed by atoms with Gasteiger partial charge in [0, 0.05) is 45.2 Å². The summed E-state index contributed by atoms with van der Waals surface area (Å²) in [5.41, 5.74) is 0.474. The monoisotopic (exact) mass is 381 g/mol. The van der Waals surface area contributed by atoms with Crippen LogP contribution in [0.4, 0.5) is 0 Å². The van der Waals surface area contributed by atoms with Gasteiger partial charge in [0.05, 0.1) is 4.90 Å². The Morgan fingerprint density at radius 1 is 1.19 bits per heavy atom. The molecule has 0 bridgehead atoms. The number of benzene rings is 1. The van der Waals surface area contributed by atoms with Crippen LogP contribution >= 0.6 is 0 Å². The van der Waals surface area contributed by atoms with E-state index >= 15 is 0 Å². The van der Waals surface area contributed by atoms with Gasteiger partial charge in [-0.15, -0.1) is 0 Å². The first-order chi connectivity index (χ1) is 12.2. The predicted molar refractivity (Wildman–Crippen MR) is 99.5 cm³/mol. The Hall–Kier alpha value is -1.77. The number of sulfonamides is 1. The number of amides is 1. The fourth-order valence-corrected chi connectivity index (χ4v) is 4.17. The van der Waals surface area contributed by atoms with Gasteiger partial charge >= 0.3 is 0 Å². The first kappa shape index (κ1) is 20.5. The van der Waals surface area contributed by atoms with E-state index < -0.39 is 10.0 Å². The van der Waals surface area contributed by atoms with Gasteiger partial charge in [-0.1, -0.05) is 12.1 Å². The van der Waals surface area contributed by atoms with Crippen molar-refractivity contribution in [1.82, 2.24) is 14.5 Å². The Kier molecular flexibility index (Phi) is 6.91. The summed E-state index contributed by atoms with van der Waals surface area (Å²) in [6.45, 7) is 3.43. The first-order valence-electron chi connectivity index (χ1n) is 8.77. The molecule has 0 aromatic heterocycles. The minimum Gasteiger partial charge on any atom is -0.341 e. The maximum atomic E-state index is 12.6. The van der Waals surface area contributed by atoms with Gasteiger partial charge in [0.2, 0.25) is 15.9 Å². The molecule has 1 heterocycles. The molecule has 2 rings (SSSR count). The van der Waals surface area contributed by atoms with Crippen LogP contribution in [0.25, 0.3) is 0 Å². The van der Waals surface area contributed by atoms with E-state index in [0.717, 1.165) is 19.5 Å². The van der Waals surface area contributed by atoms with E-state index in [0.29, 0.717) is 18.4 Å². The van der Waals surface area contributed by atoms with Crippen molar-refractivity contribution in [1.29, 1.82) is 0 Å². The molecule has 1 amide bonds. The normalized spacial score (nSPS) is 17.5. The lowest BCUT2D eigenvalue weighted by atomic mass is 10.2. The highest BCUT2D eigenvalue weighted by atomic mass is 32.2. The van der Waals surface area contributed by atoms with Crippen molar-refractivity contribution in [2.24, 2.45) is 0 Å². The fraction of sp³-hybridized carbons (Fsp3) is 0.556. The molecule has 8 heteroatoms. The zero-order valence-corrected chi connectivity index (χ0v) is 16.4. The molecular weight excluding hydrogens is 354 g/mol. The largest absolute Gasteiger partial charge is 0.341 e. The molecule has 1 N–H and O–H groups in total. The molecule has 1 aromatic rings. The average Bonchev–Trinajstić information content (AvgIpc) is 3.15. The molecule has 1 unspecified atom stereocenters. The van der Waals surface area contributed by atoms with Crippen LogP contribution in [0.2, 0.25) is 0 Å². The zero-order valence-electron chi connectivity index (χ0n) is 15.6. The van der Waals surface area contributed by atoms with Crippen LogP contribution in [-0.2, 0) is 14.8 Å². The summed E-state index contributed by atoms with van der Waals surface area (Å²) in [5, 5.41) is 3.23. The van der Waals surface area contributed by atoms with Gasteiger partial charge in [-0.2, -0.15) is 0 Å². The van der Waals surface area contributed by atoms with E-state index in [1.54, 1.807) is 11.9 Å². The summed E-state index contributed by atoms with van der Waals surface area (Å²) < 4.78 is 26.4. The lowest BCUT2D eigenvalue weighted by molar-refractivity contribution is -0.131. The lowest BCUT2D eigenvalue weighted by Crippen LogP contribution is -2.38. The number of carbonyl (C=O) groups excluding carboxylic acids is 2. The highest BCUT2D eigenvalue weighted by molar-refractivity contribution is 7.89. The summed E-state index contributed by atoms with van der Waals surface area (Å²) in [6, 6.07) is 6.13. The van der Waals surface area contributed by atoms with Gasteiger partial charge < -0.3 is 10.2 Å². The molecule has 0 saturated carbocycles. The molecule has 1 atom stereocenters. The molecule has 0 spiro atoms. The van der Waals surface area contributed by atoms with E-state index in [2.05, 4.69) is 5.32 Å². The molecule has 0 radical (unpaired) electrons. The Morgan fingerprint density at radius 3 is 2.38 bits per heavy atom. The van der Waals surface area contributed by atoms with Crippen molar-refractivity contribution in [3.8, 4) is 0 Å². The smallest absolute Gasteiger partial charge is 0.242 e. The standard InChI is InChI=1S/C18H27N3O4S/c1-14(22)15-6-8-17(9-7-15)26(24,25)20(2)12-4-5-18(23)21(3)16-10-11-19-13-16/h6-9,16,19H,4-5,10-13H2,1-3H3. The van der Waals surface area contributed by atoms with Crippen LogP contribution in [0.1, 0.15) is 36.5 Å². The van der Waals surface area contributed by atoms with Crippen LogP contribution in [0.5, 0.6) is 0 Å². The van der Waals surface area contributed by atoms with Crippen molar-refractivity contribution in [3.05, 3.63) is 29.8 Å². The number of likely N-dealkylation sites (N-methyl/N-ethyl adjacent to an activating group) is 1. The van der Waals surface area contributed by atoms with Gasteiger partial charge in [0.15, 0.2) is 5.78 Å². The second-order valence-corrected chi connectivity index (χ2v) is 8.71. The third kappa shape index (κ3) is 4.90. The van der Waals surface area contributed by atoms with E-state index in [9.17, 15) is 18.0 Å². The highest BCUT2D eigenvalue weighted by Crippen LogP contribution is 2.16.